The minimum Gasteiger partial charge on any atom is -0.497 e. The molecule has 0 spiro atoms. The van der Waals surface area contributed by atoms with Gasteiger partial charge in [-0.15, -0.1) is 13.2 Å². The quantitative estimate of drug-likeness (QED) is 0.252. The maximum Gasteiger partial charge on any atom is 0.164 e. The van der Waals surface area contributed by atoms with Crippen LogP contribution < -0.4 is 9.47 Å². The van der Waals surface area contributed by atoms with E-state index in [4.69, 9.17) is 28.4 Å². The van der Waals surface area contributed by atoms with Crippen LogP contribution in [0.1, 0.15) is 51.7 Å². The summed E-state index contributed by atoms with van der Waals surface area (Å²) in [5, 5.41) is 12.8. The van der Waals surface area contributed by atoms with Gasteiger partial charge in [-0.2, -0.15) is 0 Å². The first kappa shape index (κ1) is 32.5. The number of methoxy groups -OCH3 is 2. The maximum absolute atomic E-state index is 12.8. The van der Waals surface area contributed by atoms with Gasteiger partial charge >= 0.3 is 0 Å². The largest absolute Gasteiger partial charge is 0.497 e. The molecule has 0 radical (unpaired) electrons. The van der Waals surface area contributed by atoms with Crippen molar-refractivity contribution in [1.82, 2.24) is 0 Å². The molecule has 2 aromatic rings. The molecule has 0 aromatic heterocycles. The fraction of sp³-hybridized carbons (Fsp3) is 0.514. The molecule has 0 unspecified atom stereocenters. The Labute approximate surface area is 262 Å². The van der Waals surface area contributed by atoms with Crippen molar-refractivity contribution in [2.45, 2.75) is 82.9 Å². The summed E-state index contributed by atoms with van der Waals surface area (Å²) in [5.41, 5.74) is -1.23. The molecule has 1 heterocycles. The highest BCUT2D eigenvalue weighted by molar-refractivity contribution is 5.36. The molecule has 0 amide bonds. The summed E-state index contributed by atoms with van der Waals surface area (Å²) >= 11 is 0. The van der Waals surface area contributed by atoms with Crippen molar-refractivity contribution >= 4 is 0 Å². The number of fused-ring (bicyclic) bond motifs is 2. The molecule has 44 heavy (non-hydrogen) atoms. The molecule has 3 aliphatic rings. The molecule has 2 saturated carbocycles. The van der Waals surface area contributed by atoms with Gasteiger partial charge in [0.15, 0.2) is 5.79 Å². The predicted molar refractivity (Wildman–Crippen MR) is 170 cm³/mol. The van der Waals surface area contributed by atoms with Crippen molar-refractivity contribution in [3.63, 3.8) is 0 Å². The molecule has 1 aliphatic heterocycles. The van der Waals surface area contributed by atoms with Crippen molar-refractivity contribution in [1.29, 1.82) is 0 Å². The van der Waals surface area contributed by atoms with Gasteiger partial charge in [-0.25, -0.2) is 0 Å². The van der Waals surface area contributed by atoms with Gasteiger partial charge in [-0.05, 0) is 79.5 Å². The number of hydrogen-bond donors (Lipinski definition) is 1. The van der Waals surface area contributed by atoms with Crippen LogP contribution in [0.3, 0.4) is 0 Å². The molecule has 2 bridgehead atoms. The number of aliphatic hydroxyl groups is 1. The monoisotopic (exact) mass is 604 g/mol. The van der Waals surface area contributed by atoms with E-state index >= 15 is 0 Å². The van der Waals surface area contributed by atoms with E-state index in [1.807, 2.05) is 80.6 Å². The average Bonchev–Trinajstić information content (AvgIpc) is 3.53. The second-order valence-electron chi connectivity index (χ2n) is 13.3. The van der Waals surface area contributed by atoms with Crippen LogP contribution in [-0.4, -0.2) is 55.1 Å². The topological polar surface area (TPSA) is 75.6 Å². The van der Waals surface area contributed by atoms with Gasteiger partial charge in [0, 0.05) is 5.41 Å². The molecule has 1 saturated heterocycles. The first-order valence-corrected chi connectivity index (χ1v) is 15.4. The lowest BCUT2D eigenvalue weighted by atomic mass is 9.62. The highest BCUT2D eigenvalue weighted by atomic mass is 16.8. The first-order chi connectivity index (χ1) is 20.9. The van der Waals surface area contributed by atoms with Crippen molar-refractivity contribution in [2.75, 3.05) is 20.8 Å². The van der Waals surface area contributed by atoms with Gasteiger partial charge in [-0.1, -0.05) is 56.3 Å². The number of hydrogen-bond acceptors (Lipinski definition) is 7. The molecule has 3 fully saturated rings. The minimum absolute atomic E-state index is 0.128. The number of rotatable bonds is 13. The highest BCUT2D eigenvalue weighted by Gasteiger charge is 2.74. The third kappa shape index (κ3) is 5.43. The molecule has 7 heteroatoms. The van der Waals surface area contributed by atoms with Gasteiger partial charge in [-0.3, -0.25) is 0 Å². The van der Waals surface area contributed by atoms with Crippen LogP contribution in [0.15, 0.2) is 86.0 Å². The Hall–Kier alpha value is -2.94. The normalized spacial score (nSPS) is 32.5. The lowest BCUT2D eigenvalue weighted by molar-refractivity contribution is -0.173. The van der Waals surface area contributed by atoms with E-state index in [9.17, 15) is 5.11 Å². The van der Waals surface area contributed by atoms with E-state index in [0.717, 1.165) is 35.5 Å². The Bertz CT molecular complexity index is 1350. The zero-order valence-corrected chi connectivity index (χ0v) is 27.0. The van der Waals surface area contributed by atoms with Gasteiger partial charge < -0.3 is 33.5 Å². The summed E-state index contributed by atoms with van der Waals surface area (Å²) in [4.78, 5) is 0. The Morgan fingerprint density at radius 3 is 2.00 bits per heavy atom. The van der Waals surface area contributed by atoms with Crippen LogP contribution in [0.4, 0.5) is 0 Å². The Balaban J connectivity index is 1.46. The third-order valence-corrected chi connectivity index (χ3v) is 10.4. The Morgan fingerprint density at radius 1 is 0.909 bits per heavy atom. The van der Waals surface area contributed by atoms with Crippen molar-refractivity contribution in [3.05, 3.63) is 97.1 Å². The van der Waals surface area contributed by atoms with E-state index in [0.29, 0.717) is 13.2 Å². The van der Waals surface area contributed by atoms with Gasteiger partial charge in [0.2, 0.25) is 0 Å². The van der Waals surface area contributed by atoms with Crippen LogP contribution in [0, 0.1) is 16.7 Å². The summed E-state index contributed by atoms with van der Waals surface area (Å²) in [6, 6.07) is 15.6. The van der Waals surface area contributed by atoms with Crippen molar-refractivity contribution in [3.8, 4) is 11.5 Å². The van der Waals surface area contributed by atoms with Crippen molar-refractivity contribution in [2.24, 2.45) is 16.7 Å². The second kappa shape index (κ2) is 12.1. The Morgan fingerprint density at radius 2 is 1.50 bits per heavy atom. The van der Waals surface area contributed by atoms with E-state index in [2.05, 4.69) is 27.0 Å². The highest BCUT2D eigenvalue weighted by Crippen LogP contribution is 2.71. The minimum atomic E-state index is -1.35. The van der Waals surface area contributed by atoms with Crippen LogP contribution in [0.2, 0.25) is 0 Å². The molecule has 1 N–H and O–H groups in total. The van der Waals surface area contributed by atoms with Gasteiger partial charge in [0.1, 0.15) is 28.8 Å². The predicted octanol–water partition coefficient (Wildman–Crippen LogP) is 6.79. The van der Waals surface area contributed by atoms with Crippen molar-refractivity contribution < 1.29 is 33.5 Å². The van der Waals surface area contributed by atoms with E-state index < -0.39 is 34.6 Å². The zero-order chi connectivity index (χ0) is 31.8. The van der Waals surface area contributed by atoms with E-state index in [-0.39, 0.29) is 17.9 Å². The van der Waals surface area contributed by atoms with Gasteiger partial charge in [0.25, 0.3) is 0 Å². The molecule has 5 rings (SSSR count). The smallest absolute Gasteiger partial charge is 0.164 e. The second-order valence-corrected chi connectivity index (χ2v) is 13.3. The summed E-state index contributed by atoms with van der Waals surface area (Å²) in [6.07, 6.45) is 8.23. The summed E-state index contributed by atoms with van der Waals surface area (Å²) in [6.45, 7) is 17.5. The molecule has 2 aliphatic carbocycles. The van der Waals surface area contributed by atoms with E-state index in [1.165, 1.54) is 0 Å². The molecule has 6 atom stereocenters. The average molecular weight is 605 g/mol. The van der Waals surface area contributed by atoms with E-state index in [1.54, 1.807) is 20.3 Å². The standard InChI is InChI=1S/C37H48O7/c1-9-31(41-23-26-11-15-28(39-7)16-12-26)35(25-43-34(5,6)44-35)21-22-37(38)32(30-19-20-36(37,10-2)33(30,3)4)42-24-27-13-17-29(40-8)18-14-27/h9-18,21-22,30-32,38H,1-2,19-20,23-25H2,3-8H3/b22-21-/t30-,31-,32-,35+,36+,37-/m1/s1. The molecule has 2 aromatic carbocycles. The fourth-order valence-corrected chi connectivity index (χ4v) is 7.83. The molecule has 7 nitrogen and oxygen atoms in total. The summed E-state index contributed by atoms with van der Waals surface area (Å²) in [5.74, 6) is 0.844. The fourth-order valence-electron chi connectivity index (χ4n) is 7.83. The zero-order valence-electron chi connectivity index (χ0n) is 27.0. The summed E-state index contributed by atoms with van der Waals surface area (Å²) < 4.78 is 36.4. The molecular formula is C37H48O7. The molecule has 238 valence electrons. The Kier molecular flexibility index (Phi) is 8.93. The van der Waals surface area contributed by atoms with Crippen LogP contribution in [0.25, 0.3) is 0 Å². The molecular weight excluding hydrogens is 556 g/mol. The number of ether oxygens (including phenoxy) is 6. The maximum atomic E-state index is 12.8. The van der Waals surface area contributed by atoms with Crippen LogP contribution >= 0.6 is 0 Å². The number of benzene rings is 2. The lowest BCUT2D eigenvalue weighted by Gasteiger charge is -2.46. The summed E-state index contributed by atoms with van der Waals surface area (Å²) in [7, 11) is 3.29. The van der Waals surface area contributed by atoms with Gasteiger partial charge in [0.05, 0.1) is 40.1 Å². The SMILES string of the molecule is C=C[C@@H](OCc1ccc(OC)cc1)[C@]1(/C=C\[C@@]2(O)[C@H](OCc3ccc(OC)cc3)[C@H]3CC[C@@]2(C=C)C3(C)C)COC(C)(C)O1. The third-order valence-electron chi connectivity index (χ3n) is 10.4. The van der Waals surface area contributed by atoms with Crippen LogP contribution in [-0.2, 0) is 32.2 Å². The lowest BCUT2D eigenvalue weighted by Crippen LogP contribution is -2.54. The first-order valence-electron chi connectivity index (χ1n) is 15.4. The van der Waals surface area contributed by atoms with Crippen LogP contribution in [0.5, 0.6) is 11.5 Å².